The normalized spacial score (nSPS) is 21.1. The summed E-state index contributed by atoms with van der Waals surface area (Å²) in [4.78, 5) is 11.9. The first-order chi connectivity index (χ1) is 9.35. The second-order valence-electron chi connectivity index (χ2n) is 5.80. The number of hydrogen-bond donors (Lipinski definition) is 1. The van der Waals surface area contributed by atoms with Crippen LogP contribution in [0.2, 0.25) is 0 Å². The molecule has 4 nitrogen and oxygen atoms in total. The maximum absolute atomic E-state index is 11.9. The van der Waals surface area contributed by atoms with Crippen molar-refractivity contribution in [3.63, 3.8) is 0 Å². The lowest BCUT2D eigenvalue weighted by molar-refractivity contribution is -0.116. The fourth-order valence-electron chi connectivity index (χ4n) is 2.46. The molecule has 0 spiro atoms. The zero-order valence-electron chi connectivity index (χ0n) is 11.9. The van der Waals surface area contributed by atoms with Gasteiger partial charge in [0.25, 0.3) is 0 Å². The Morgan fingerprint density at radius 2 is 1.95 bits per heavy atom. The summed E-state index contributed by atoms with van der Waals surface area (Å²) in [5.41, 5.74) is 1.99. The van der Waals surface area contributed by atoms with Crippen LogP contribution in [-0.2, 0) is 14.6 Å². The Balaban J connectivity index is 1.88. The van der Waals surface area contributed by atoms with Gasteiger partial charge in [0.1, 0.15) is 0 Å². The van der Waals surface area contributed by atoms with E-state index in [1.54, 1.807) is 0 Å². The van der Waals surface area contributed by atoms with Crippen molar-refractivity contribution >= 4 is 21.4 Å². The summed E-state index contributed by atoms with van der Waals surface area (Å²) in [5.74, 6) is 0.684. The van der Waals surface area contributed by atoms with E-state index < -0.39 is 9.84 Å². The minimum absolute atomic E-state index is 0.0325. The van der Waals surface area contributed by atoms with Crippen molar-refractivity contribution in [1.82, 2.24) is 0 Å². The first-order valence-electron chi connectivity index (χ1n) is 6.96. The zero-order valence-corrected chi connectivity index (χ0v) is 12.7. The molecule has 0 saturated carbocycles. The average Bonchev–Trinajstić information content (AvgIpc) is 2.69. The number of carbonyl (C=O) groups is 1. The van der Waals surface area contributed by atoms with Crippen molar-refractivity contribution in [1.29, 1.82) is 0 Å². The van der Waals surface area contributed by atoms with Gasteiger partial charge in [-0.2, -0.15) is 0 Å². The van der Waals surface area contributed by atoms with E-state index in [1.165, 1.54) is 5.56 Å². The fraction of sp³-hybridized carbons (Fsp3) is 0.533. The van der Waals surface area contributed by atoms with Gasteiger partial charge in [-0.1, -0.05) is 26.0 Å². The molecule has 2 rings (SSSR count). The molecule has 1 aliphatic rings. The molecule has 0 radical (unpaired) electrons. The number of amides is 1. The minimum atomic E-state index is -2.91. The van der Waals surface area contributed by atoms with Crippen molar-refractivity contribution < 1.29 is 13.2 Å². The first-order valence-corrected chi connectivity index (χ1v) is 8.78. The first kappa shape index (κ1) is 15.0. The summed E-state index contributed by atoms with van der Waals surface area (Å²) < 4.78 is 22.7. The standard InChI is InChI=1S/C15H21NO3S/c1-11(2)13-3-5-14(6-4-13)16-15(17)9-12-7-8-20(18,19)10-12/h3-6,11-12H,7-10H2,1-2H3,(H,16,17)/t12-/m0/s1. The highest BCUT2D eigenvalue weighted by Gasteiger charge is 2.29. The SMILES string of the molecule is CC(C)c1ccc(NC(=O)C[C@@H]2CCS(=O)(=O)C2)cc1. The van der Waals surface area contributed by atoms with Gasteiger partial charge in [-0.25, -0.2) is 8.42 Å². The molecule has 1 aromatic carbocycles. The molecule has 110 valence electrons. The van der Waals surface area contributed by atoms with Crippen LogP contribution in [-0.4, -0.2) is 25.8 Å². The summed E-state index contributed by atoms with van der Waals surface area (Å²) in [6, 6.07) is 7.78. The molecule has 0 aliphatic carbocycles. The molecule has 1 saturated heterocycles. The summed E-state index contributed by atoms with van der Waals surface area (Å²) in [7, 11) is -2.91. The van der Waals surface area contributed by atoms with Gasteiger partial charge in [0.2, 0.25) is 5.91 Å². The summed E-state index contributed by atoms with van der Waals surface area (Å²) in [6.07, 6.45) is 0.882. The van der Waals surface area contributed by atoms with Crippen LogP contribution in [0.4, 0.5) is 5.69 Å². The fourth-order valence-corrected chi connectivity index (χ4v) is 4.32. The van der Waals surface area contributed by atoms with Crippen LogP contribution in [0, 0.1) is 5.92 Å². The van der Waals surface area contributed by atoms with Gasteiger partial charge in [0, 0.05) is 12.1 Å². The van der Waals surface area contributed by atoms with Crippen LogP contribution >= 0.6 is 0 Å². The third kappa shape index (κ3) is 4.07. The molecule has 0 unspecified atom stereocenters. The molecule has 1 N–H and O–H groups in total. The van der Waals surface area contributed by atoms with Crippen molar-refractivity contribution in [3.8, 4) is 0 Å². The van der Waals surface area contributed by atoms with Crippen LogP contribution in [0.3, 0.4) is 0 Å². The molecule has 1 atom stereocenters. The average molecular weight is 295 g/mol. The highest BCUT2D eigenvalue weighted by molar-refractivity contribution is 7.91. The summed E-state index contributed by atoms with van der Waals surface area (Å²) in [5, 5.41) is 2.83. The Morgan fingerprint density at radius 3 is 2.45 bits per heavy atom. The Morgan fingerprint density at radius 1 is 1.30 bits per heavy atom. The predicted molar refractivity (Wildman–Crippen MR) is 80.5 cm³/mol. The molecule has 0 aromatic heterocycles. The lowest BCUT2D eigenvalue weighted by atomic mass is 10.0. The van der Waals surface area contributed by atoms with Crippen molar-refractivity contribution in [2.45, 2.75) is 32.6 Å². The number of carbonyl (C=O) groups excluding carboxylic acids is 1. The number of anilines is 1. The Bertz CT molecular complexity index is 576. The highest BCUT2D eigenvalue weighted by atomic mass is 32.2. The van der Waals surface area contributed by atoms with E-state index >= 15 is 0 Å². The molecule has 1 amide bonds. The largest absolute Gasteiger partial charge is 0.326 e. The van der Waals surface area contributed by atoms with Crippen LogP contribution in [0.1, 0.15) is 38.2 Å². The molecule has 20 heavy (non-hydrogen) atoms. The van der Waals surface area contributed by atoms with E-state index in [1.807, 2.05) is 24.3 Å². The number of hydrogen-bond acceptors (Lipinski definition) is 3. The van der Waals surface area contributed by atoms with Gasteiger partial charge in [-0.05, 0) is 36.0 Å². The van der Waals surface area contributed by atoms with E-state index in [4.69, 9.17) is 0 Å². The topological polar surface area (TPSA) is 63.2 Å². The molecule has 1 fully saturated rings. The third-order valence-corrected chi connectivity index (χ3v) is 5.50. The van der Waals surface area contributed by atoms with Crippen molar-refractivity contribution in [2.75, 3.05) is 16.8 Å². The van der Waals surface area contributed by atoms with Crippen molar-refractivity contribution in [2.24, 2.45) is 5.92 Å². The number of nitrogens with one attached hydrogen (secondary N) is 1. The molecule has 0 bridgehead atoms. The highest BCUT2D eigenvalue weighted by Crippen LogP contribution is 2.22. The second-order valence-corrected chi connectivity index (χ2v) is 8.03. The van der Waals surface area contributed by atoms with Gasteiger partial charge in [0.05, 0.1) is 11.5 Å². The van der Waals surface area contributed by atoms with Gasteiger partial charge in [-0.3, -0.25) is 4.79 Å². The number of sulfone groups is 1. The Labute approximate surface area is 120 Å². The molecule has 1 aromatic rings. The van der Waals surface area contributed by atoms with Crippen LogP contribution in [0.25, 0.3) is 0 Å². The number of rotatable bonds is 4. The molecule has 5 heteroatoms. The third-order valence-electron chi connectivity index (χ3n) is 3.66. The molecular weight excluding hydrogens is 274 g/mol. The smallest absolute Gasteiger partial charge is 0.224 e. The van der Waals surface area contributed by atoms with E-state index in [0.29, 0.717) is 12.3 Å². The Hall–Kier alpha value is -1.36. The van der Waals surface area contributed by atoms with Gasteiger partial charge < -0.3 is 5.32 Å². The van der Waals surface area contributed by atoms with Gasteiger partial charge in [-0.15, -0.1) is 0 Å². The Kier molecular flexibility index (Phi) is 4.48. The lowest BCUT2D eigenvalue weighted by Gasteiger charge is -2.10. The number of benzene rings is 1. The summed E-state index contributed by atoms with van der Waals surface area (Å²) >= 11 is 0. The van der Waals surface area contributed by atoms with E-state index in [0.717, 1.165) is 5.69 Å². The van der Waals surface area contributed by atoms with Crippen LogP contribution in [0.15, 0.2) is 24.3 Å². The van der Waals surface area contributed by atoms with E-state index in [9.17, 15) is 13.2 Å². The molecule has 1 aliphatic heterocycles. The minimum Gasteiger partial charge on any atom is -0.326 e. The van der Waals surface area contributed by atoms with E-state index in [-0.39, 0.29) is 29.8 Å². The van der Waals surface area contributed by atoms with Gasteiger partial charge >= 0.3 is 0 Å². The molecule has 1 heterocycles. The lowest BCUT2D eigenvalue weighted by Crippen LogP contribution is -2.17. The molecular formula is C15H21NO3S. The summed E-state index contributed by atoms with van der Waals surface area (Å²) in [6.45, 7) is 4.24. The van der Waals surface area contributed by atoms with Crippen LogP contribution in [0.5, 0.6) is 0 Å². The zero-order chi connectivity index (χ0) is 14.8. The van der Waals surface area contributed by atoms with Gasteiger partial charge in [0.15, 0.2) is 9.84 Å². The van der Waals surface area contributed by atoms with E-state index in [2.05, 4.69) is 19.2 Å². The predicted octanol–water partition coefficient (Wildman–Crippen LogP) is 2.57. The van der Waals surface area contributed by atoms with Crippen LogP contribution < -0.4 is 5.32 Å². The maximum atomic E-state index is 11.9. The monoisotopic (exact) mass is 295 g/mol. The second kappa shape index (κ2) is 5.95. The quantitative estimate of drug-likeness (QED) is 0.928. The maximum Gasteiger partial charge on any atom is 0.224 e. The van der Waals surface area contributed by atoms with Crippen molar-refractivity contribution in [3.05, 3.63) is 29.8 Å².